The topological polar surface area (TPSA) is 112 Å². The highest BCUT2D eigenvalue weighted by Crippen LogP contribution is 2.33. The summed E-state index contributed by atoms with van der Waals surface area (Å²) in [7, 11) is 0. The lowest BCUT2D eigenvalue weighted by Crippen LogP contribution is -2.13. The van der Waals surface area contributed by atoms with E-state index in [4.69, 9.17) is 15.6 Å². The lowest BCUT2D eigenvalue weighted by molar-refractivity contribution is -0.139. The van der Waals surface area contributed by atoms with Crippen molar-refractivity contribution in [2.75, 3.05) is 6.61 Å². The van der Waals surface area contributed by atoms with Gasteiger partial charge in [0.1, 0.15) is 5.75 Å². The Bertz CT molecular complexity index is 1180. The van der Waals surface area contributed by atoms with Gasteiger partial charge in [0.05, 0.1) is 11.8 Å². The first-order valence-electron chi connectivity index (χ1n) is 8.70. The van der Waals surface area contributed by atoms with Gasteiger partial charge < -0.3 is 24.7 Å². The molecule has 0 unspecified atom stereocenters. The molecule has 0 aliphatic heterocycles. The lowest BCUT2D eigenvalue weighted by Gasteiger charge is -2.08. The number of carbonyl (C=O) groups is 2. The molecule has 0 atom stereocenters. The molecule has 3 N–H and O–H groups in total. The third-order valence-corrected chi connectivity index (χ3v) is 4.57. The minimum absolute atomic E-state index is 0.197. The van der Waals surface area contributed by atoms with Crippen molar-refractivity contribution in [3.05, 3.63) is 55.1 Å². The van der Waals surface area contributed by atoms with Crippen molar-refractivity contribution in [3.63, 3.8) is 0 Å². The molecule has 28 heavy (non-hydrogen) atoms. The molecule has 0 radical (unpaired) electrons. The van der Waals surface area contributed by atoms with E-state index in [2.05, 4.69) is 11.1 Å². The maximum atomic E-state index is 11.3. The number of hydrogen-bond donors (Lipinski definition) is 2. The second-order valence-corrected chi connectivity index (χ2v) is 6.40. The average Bonchev–Trinajstić information content (AvgIpc) is 3.30. The van der Waals surface area contributed by atoms with Gasteiger partial charge in [-0.25, -0.2) is 9.78 Å². The van der Waals surface area contributed by atoms with Gasteiger partial charge in [-0.1, -0.05) is 0 Å². The fourth-order valence-corrected chi connectivity index (χ4v) is 3.34. The summed E-state index contributed by atoms with van der Waals surface area (Å²) in [4.78, 5) is 26.2. The minimum Gasteiger partial charge on any atom is -0.482 e. The highest BCUT2D eigenvalue weighted by Gasteiger charge is 2.14. The Morgan fingerprint density at radius 2 is 1.96 bits per heavy atom. The van der Waals surface area contributed by atoms with Gasteiger partial charge in [-0.15, -0.1) is 0 Å². The third-order valence-electron chi connectivity index (χ3n) is 4.57. The van der Waals surface area contributed by atoms with Crippen molar-refractivity contribution in [3.8, 4) is 11.4 Å². The molecule has 0 fully saturated rings. The van der Waals surface area contributed by atoms with Crippen molar-refractivity contribution < 1.29 is 19.4 Å². The van der Waals surface area contributed by atoms with Crippen molar-refractivity contribution >= 4 is 33.7 Å². The Kier molecular flexibility index (Phi) is 4.44. The van der Waals surface area contributed by atoms with Crippen LogP contribution in [-0.4, -0.2) is 37.7 Å². The molecule has 0 bridgehead atoms. The van der Waals surface area contributed by atoms with Crippen LogP contribution in [0.15, 0.2) is 55.1 Å². The summed E-state index contributed by atoms with van der Waals surface area (Å²) in [5, 5.41) is 10.8. The summed E-state index contributed by atoms with van der Waals surface area (Å²) < 4.78 is 9.23. The molecule has 8 nitrogen and oxygen atoms in total. The van der Waals surface area contributed by atoms with E-state index in [0.717, 1.165) is 27.5 Å². The van der Waals surface area contributed by atoms with Crippen LogP contribution in [0.5, 0.6) is 5.75 Å². The molecule has 2 aromatic carbocycles. The number of amides is 1. The largest absolute Gasteiger partial charge is 0.482 e. The predicted octanol–water partition coefficient (Wildman–Crippen LogP) is 2.32. The number of aryl methyl sites for hydroxylation is 1. The molecule has 4 rings (SSSR count). The smallest absolute Gasteiger partial charge is 0.341 e. The van der Waals surface area contributed by atoms with Gasteiger partial charge in [-0.3, -0.25) is 4.79 Å². The zero-order valence-electron chi connectivity index (χ0n) is 14.9. The number of fused-ring (bicyclic) bond motifs is 3. The third kappa shape index (κ3) is 3.27. The number of primary amides is 1. The highest BCUT2D eigenvalue weighted by molar-refractivity contribution is 6.09. The minimum atomic E-state index is -1.04. The van der Waals surface area contributed by atoms with E-state index in [-0.39, 0.29) is 12.3 Å². The van der Waals surface area contributed by atoms with Crippen LogP contribution in [0.4, 0.5) is 0 Å². The number of carbonyl (C=O) groups excluding carboxylic acids is 1. The summed E-state index contributed by atoms with van der Waals surface area (Å²) in [6.45, 7) is -0.0000616. The molecule has 0 aliphatic carbocycles. The van der Waals surface area contributed by atoms with Crippen molar-refractivity contribution in [2.24, 2.45) is 5.73 Å². The Balaban J connectivity index is 1.87. The summed E-state index contributed by atoms with van der Waals surface area (Å²) in [6, 6.07) is 11.4. The van der Waals surface area contributed by atoms with Crippen molar-refractivity contribution in [1.82, 2.24) is 14.1 Å². The van der Waals surface area contributed by atoms with Gasteiger partial charge in [-0.2, -0.15) is 0 Å². The molecule has 0 saturated heterocycles. The molecule has 142 valence electrons. The van der Waals surface area contributed by atoms with Crippen LogP contribution in [0.25, 0.3) is 27.5 Å². The van der Waals surface area contributed by atoms with Crippen molar-refractivity contribution in [2.45, 2.75) is 13.0 Å². The van der Waals surface area contributed by atoms with E-state index in [1.165, 1.54) is 0 Å². The van der Waals surface area contributed by atoms with E-state index < -0.39 is 12.6 Å². The summed E-state index contributed by atoms with van der Waals surface area (Å²) in [5.74, 6) is -0.976. The molecule has 0 spiro atoms. The number of nitrogens with zero attached hydrogens (tertiary/aromatic N) is 3. The number of ether oxygens (including phenoxy) is 1. The van der Waals surface area contributed by atoms with Gasteiger partial charge in [0.15, 0.2) is 6.61 Å². The number of hydrogen-bond acceptors (Lipinski definition) is 4. The molecule has 8 heteroatoms. The normalized spacial score (nSPS) is 11.1. The monoisotopic (exact) mass is 378 g/mol. The van der Waals surface area contributed by atoms with E-state index in [1.54, 1.807) is 24.7 Å². The molecular formula is C20H18N4O4. The Morgan fingerprint density at radius 3 is 2.68 bits per heavy atom. The van der Waals surface area contributed by atoms with Gasteiger partial charge >= 0.3 is 5.97 Å². The number of aliphatic carboxylic acids is 1. The first kappa shape index (κ1) is 17.6. The number of benzene rings is 2. The van der Waals surface area contributed by atoms with Crippen LogP contribution in [0.2, 0.25) is 0 Å². The summed E-state index contributed by atoms with van der Waals surface area (Å²) >= 11 is 0. The number of aromatic nitrogens is 3. The average molecular weight is 378 g/mol. The zero-order valence-corrected chi connectivity index (χ0v) is 14.9. The molecule has 0 saturated carbocycles. The van der Waals surface area contributed by atoms with Crippen LogP contribution >= 0.6 is 0 Å². The van der Waals surface area contributed by atoms with E-state index in [9.17, 15) is 9.59 Å². The number of carboxylic acids is 1. The quantitative estimate of drug-likeness (QED) is 0.512. The van der Waals surface area contributed by atoms with Crippen molar-refractivity contribution in [1.29, 1.82) is 0 Å². The number of rotatable bonds is 7. The Labute approximate surface area is 159 Å². The van der Waals surface area contributed by atoms with Gasteiger partial charge in [0, 0.05) is 53.4 Å². The predicted molar refractivity (Wildman–Crippen MR) is 104 cm³/mol. The molecule has 4 aromatic rings. The van der Waals surface area contributed by atoms with E-state index in [0.29, 0.717) is 12.3 Å². The van der Waals surface area contributed by atoms with E-state index in [1.807, 2.05) is 33.5 Å². The SMILES string of the molecule is NC(=O)CCn1c2ccc(-n3ccnc3)cc2c2ccc(OCC(=O)O)cc21. The van der Waals surface area contributed by atoms with Crippen LogP contribution < -0.4 is 10.5 Å². The second kappa shape index (κ2) is 7.07. The number of imidazole rings is 1. The lowest BCUT2D eigenvalue weighted by atomic mass is 10.1. The summed E-state index contributed by atoms with van der Waals surface area (Å²) in [5.41, 5.74) is 8.11. The molecular weight excluding hydrogens is 360 g/mol. The molecule has 2 heterocycles. The van der Waals surface area contributed by atoms with Gasteiger partial charge in [-0.05, 0) is 30.3 Å². The van der Waals surface area contributed by atoms with Crippen LogP contribution in [-0.2, 0) is 16.1 Å². The number of carboxylic acid groups (broad SMARTS) is 1. The molecule has 2 aromatic heterocycles. The van der Waals surface area contributed by atoms with Gasteiger partial charge in [0.2, 0.25) is 5.91 Å². The fraction of sp³-hybridized carbons (Fsp3) is 0.150. The summed E-state index contributed by atoms with van der Waals surface area (Å²) in [6.07, 6.45) is 5.51. The zero-order chi connectivity index (χ0) is 19.7. The molecule has 1 amide bonds. The fourth-order valence-electron chi connectivity index (χ4n) is 3.34. The maximum absolute atomic E-state index is 11.3. The first-order chi connectivity index (χ1) is 13.5. The first-order valence-corrected chi connectivity index (χ1v) is 8.70. The Hall–Kier alpha value is -3.81. The number of nitrogens with two attached hydrogens (primary N) is 1. The highest BCUT2D eigenvalue weighted by atomic mass is 16.5. The van der Waals surface area contributed by atoms with Crippen LogP contribution in [0.3, 0.4) is 0 Å². The standard InChI is InChI=1S/C20H18N4O4/c21-19(25)5-7-24-17-4-1-13(23-8-6-22-12-23)9-16(17)15-3-2-14(10-18(15)24)28-11-20(26)27/h1-4,6,8-10,12H,5,7,11H2,(H2,21,25)(H,26,27). The molecule has 0 aliphatic rings. The van der Waals surface area contributed by atoms with Crippen LogP contribution in [0, 0.1) is 0 Å². The Morgan fingerprint density at radius 1 is 1.11 bits per heavy atom. The van der Waals surface area contributed by atoms with Gasteiger partial charge in [0.25, 0.3) is 0 Å². The maximum Gasteiger partial charge on any atom is 0.341 e. The van der Waals surface area contributed by atoms with Crippen LogP contribution in [0.1, 0.15) is 6.42 Å². The second-order valence-electron chi connectivity index (χ2n) is 6.40. The van der Waals surface area contributed by atoms with E-state index >= 15 is 0 Å².